The van der Waals surface area contributed by atoms with E-state index in [9.17, 15) is 8.42 Å². The number of sulfonamides is 1. The molecule has 0 aliphatic heterocycles. The molecule has 0 unspecified atom stereocenters. The third-order valence-corrected chi connectivity index (χ3v) is 4.68. The molecule has 0 atom stereocenters. The zero-order chi connectivity index (χ0) is 15.5. The van der Waals surface area contributed by atoms with Crippen molar-refractivity contribution in [2.45, 2.75) is 18.7 Å². The van der Waals surface area contributed by atoms with E-state index in [-0.39, 0.29) is 4.90 Å². The molecule has 2 N–H and O–H groups in total. The second kappa shape index (κ2) is 6.37. The lowest BCUT2D eigenvalue weighted by molar-refractivity contribution is 0.601. The number of aryl methyl sites for hydroxylation is 1. The maximum Gasteiger partial charge on any atom is 0.261 e. The number of para-hydroxylation sites is 1. The second-order valence-electron chi connectivity index (χ2n) is 4.59. The molecule has 21 heavy (non-hydrogen) atoms. The van der Waals surface area contributed by atoms with E-state index >= 15 is 0 Å². The molecule has 0 saturated heterocycles. The van der Waals surface area contributed by atoms with Crippen molar-refractivity contribution in [3.8, 4) is 0 Å². The Morgan fingerprint density at radius 2 is 1.76 bits per heavy atom. The van der Waals surface area contributed by atoms with Crippen LogP contribution >= 0.6 is 11.6 Å². The summed E-state index contributed by atoms with van der Waals surface area (Å²) in [7, 11) is -3.65. The Bertz CT molecular complexity index is 708. The molecule has 2 aromatic carbocycles. The highest BCUT2D eigenvalue weighted by atomic mass is 35.5. The molecule has 4 nitrogen and oxygen atoms in total. The predicted octanol–water partition coefficient (Wildman–Crippen LogP) is 3.88. The highest BCUT2D eigenvalue weighted by Gasteiger charge is 2.16. The summed E-state index contributed by atoms with van der Waals surface area (Å²) in [6, 6.07) is 11.8. The molecule has 112 valence electrons. The minimum Gasteiger partial charge on any atom is -0.385 e. The zero-order valence-electron chi connectivity index (χ0n) is 11.9. The van der Waals surface area contributed by atoms with Crippen LogP contribution in [0.4, 0.5) is 11.4 Å². The lowest BCUT2D eigenvalue weighted by Crippen LogP contribution is -2.14. The van der Waals surface area contributed by atoms with Crippen LogP contribution < -0.4 is 10.0 Å². The van der Waals surface area contributed by atoms with E-state index in [4.69, 9.17) is 11.6 Å². The standard InChI is InChI=1S/C15H17ClN2O2S/c1-3-17-12-7-9-13(10-8-12)21(19,20)18-15-11(2)5-4-6-14(15)16/h4-10,17-18H,3H2,1-2H3. The van der Waals surface area contributed by atoms with Gasteiger partial charge in [0.05, 0.1) is 15.6 Å². The van der Waals surface area contributed by atoms with Crippen molar-refractivity contribution in [1.82, 2.24) is 0 Å². The van der Waals surface area contributed by atoms with Gasteiger partial charge in [0.15, 0.2) is 0 Å². The van der Waals surface area contributed by atoms with Gasteiger partial charge in [0, 0.05) is 12.2 Å². The van der Waals surface area contributed by atoms with Crippen molar-refractivity contribution < 1.29 is 8.42 Å². The summed E-state index contributed by atoms with van der Waals surface area (Å²) in [4.78, 5) is 0.198. The molecule has 2 aromatic rings. The number of nitrogens with one attached hydrogen (secondary N) is 2. The first-order valence-corrected chi connectivity index (χ1v) is 8.42. The van der Waals surface area contributed by atoms with Gasteiger partial charge in [0.1, 0.15) is 0 Å². The molecule has 0 fully saturated rings. The van der Waals surface area contributed by atoms with E-state index in [0.717, 1.165) is 17.8 Å². The fourth-order valence-electron chi connectivity index (χ4n) is 1.91. The van der Waals surface area contributed by atoms with Crippen LogP contribution in [0.2, 0.25) is 5.02 Å². The molecule has 0 radical (unpaired) electrons. The topological polar surface area (TPSA) is 58.2 Å². The van der Waals surface area contributed by atoms with Crippen LogP contribution in [0.5, 0.6) is 0 Å². The quantitative estimate of drug-likeness (QED) is 0.877. The van der Waals surface area contributed by atoms with Crippen LogP contribution in [0.3, 0.4) is 0 Å². The maximum absolute atomic E-state index is 12.4. The molecule has 6 heteroatoms. The number of anilines is 2. The fraction of sp³-hybridized carbons (Fsp3) is 0.200. The van der Waals surface area contributed by atoms with Crippen molar-refractivity contribution in [1.29, 1.82) is 0 Å². The number of hydrogen-bond donors (Lipinski definition) is 2. The summed E-state index contributed by atoms with van der Waals surface area (Å²) in [5.41, 5.74) is 2.07. The van der Waals surface area contributed by atoms with Gasteiger partial charge in [0.2, 0.25) is 0 Å². The van der Waals surface area contributed by atoms with Gasteiger partial charge < -0.3 is 5.32 Å². The molecule has 2 rings (SSSR count). The summed E-state index contributed by atoms with van der Waals surface area (Å²) in [5.74, 6) is 0. The lowest BCUT2D eigenvalue weighted by Gasteiger charge is -2.12. The van der Waals surface area contributed by atoms with Gasteiger partial charge in [-0.25, -0.2) is 8.42 Å². The van der Waals surface area contributed by atoms with Crippen LogP contribution in [0.1, 0.15) is 12.5 Å². The molecule has 0 spiro atoms. The Morgan fingerprint density at radius 3 is 2.33 bits per heavy atom. The summed E-state index contributed by atoms with van der Waals surface area (Å²) >= 11 is 6.05. The van der Waals surface area contributed by atoms with E-state index in [0.29, 0.717) is 10.7 Å². The Labute approximate surface area is 130 Å². The SMILES string of the molecule is CCNc1ccc(S(=O)(=O)Nc2c(C)cccc2Cl)cc1. The maximum atomic E-state index is 12.4. The van der Waals surface area contributed by atoms with Crippen molar-refractivity contribution in [2.75, 3.05) is 16.6 Å². The lowest BCUT2D eigenvalue weighted by atomic mass is 10.2. The summed E-state index contributed by atoms with van der Waals surface area (Å²) < 4.78 is 27.3. The monoisotopic (exact) mass is 324 g/mol. The molecule has 0 amide bonds. The summed E-state index contributed by atoms with van der Waals surface area (Å²) in [6.07, 6.45) is 0. The average Bonchev–Trinajstić information content (AvgIpc) is 2.44. The van der Waals surface area contributed by atoms with Crippen LogP contribution in [-0.2, 0) is 10.0 Å². The molecule has 0 saturated carbocycles. The van der Waals surface area contributed by atoms with Gasteiger partial charge in [-0.15, -0.1) is 0 Å². The molecule has 0 aliphatic rings. The third-order valence-electron chi connectivity index (χ3n) is 3.00. The van der Waals surface area contributed by atoms with Crippen molar-refractivity contribution in [3.63, 3.8) is 0 Å². The molecular formula is C15H17ClN2O2S. The van der Waals surface area contributed by atoms with Crippen LogP contribution in [0.25, 0.3) is 0 Å². The van der Waals surface area contributed by atoms with Crippen molar-refractivity contribution >= 4 is 33.0 Å². The Hall–Kier alpha value is -1.72. The van der Waals surface area contributed by atoms with E-state index in [1.807, 2.05) is 6.92 Å². The van der Waals surface area contributed by atoms with Crippen molar-refractivity contribution in [2.24, 2.45) is 0 Å². The van der Waals surface area contributed by atoms with E-state index in [1.54, 1.807) is 49.4 Å². The first-order chi connectivity index (χ1) is 9.94. The second-order valence-corrected chi connectivity index (χ2v) is 6.68. The molecule has 0 bridgehead atoms. The summed E-state index contributed by atoms with van der Waals surface area (Å²) in [6.45, 7) is 4.56. The van der Waals surface area contributed by atoms with Gasteiger partial charge in [-0.05, 0) is 49.7 Å². The molecular weight excluding hydrogens is 308 g/mol. The first kappa shape index (κ1) is 15.7. The third kappa shape index (κ3) is 3.68. The minimum absolute atomic E-state index is 0.198. The summed E-state index contributed by atoms with van der Waals surface area (Å²) in [5, 5.41) is 3.50. The highest BCUT2D eigenvalue weighted by molar-refractivity contribution is 7.92. The smallest absolute Gasteiger partial charge is 0.261 e. The van der Waals surface area contributed by atoms with E-state index < -0.39 is 10.0 Å². The number of hydrogen-bond acceptors (Lipinski definition) is 3. The first-order valence-electron chi connectivity index (χ1n) is 6.56. The number of halogens is 1. The van der Waals surface area contributed by atoms with Gasteiger partial charge in [-0.1, -0.05) is 23.7 Å². The largest absolute Gasteiger partial charge is 0.385 e. The van der Waals surface area contributed by atoms with Gasteiger partial charge >= 0.3 is 0 Å². The molecule has 0 heterocycles. The van der Waals surface area contributed by atoms with E-state index in [2.05, 4.69) is 10.0 Å². The Kier molecular flexibility index (Phi) is 4.75. The van der Waals surface area contributed by atoms with Crippen LogP contribution in [-0.4, -0.2) is 15.0 Å². The molecule has 0 aliphatic carbocycles. The Morgan fingerprint density at radius 1 is 1.10 bits per heavy atom. The fourth-order valence-corrected chi connectivity index (χ4v) is 3.39. The number of rotatable bonds is 5. The Balaban J connectivity index is 2.30. The normalized spacial score (nSPS) is 11.2. The minimum atomic E-state index is -3.65. The van der Waals surface area contributed by atoms with Crippen LogP contribution in [0, 0.1) is 6.92 Å². The van der Waals surface area contributed by atoms with Gasteiger partial charge in [-0.3, -0.25) is 4.72 Å². The molecule has 0 aromatic heterocycles. The van der Waals surface area contributed by atoms with Gasteiger partial charge in [0.25, 0.3) is 10.0 Å². The van der Waals surface area contributed by atoms with Crippen LogP contribution in [0.15, 0.2) is 47.4 Å². The highest BCUT2D eigenvalue weighted by Crippen LogP contribution is 2.28. The number of benzene rings is 2. The zero-order valence-corrected chi connectivity index (χ0v) is 13.4. The van der Waals surface area contributed by atoms with E-state index in [1.165, 1.54) is 0 Å². The predicted molar refractivity (Wildman–Crippen MR) is 87.6 cm³/mol. The van der Waals surface area contributed by atoms with Crippen molar-refractivity contribution in [3.05, 3.63) is 53.1 Å². The van der Waals surface area contributed by atoms with Gasteiger partial charge in [-0.2, -0.15) is 0 Å². The average molecular weight is 325 g/mol.